The Hall–Kier alpha value is -1.17. The van der Waals surface area contributed by atoms with Gasteiger partial charge in [-0.1, -0.05) is 6.07 Å². The molecule has 5 nitrogen and oxygen atoms in total. The Morgan fingerprint density at radius 1 is 1.50 bits per heavy atom. The molecule has 1 N–H and O–H groups in total. The Balaban J connectivity index is 1.90. The molecular formula is C15H26N4O. The molecule has 112 valence electrons. The van der Waals surface area contributed by atoms with E-state index in [1.54, 1.807) is 7.11 Å². The van der Waals surface area contributed by atoms with Crippen LogP contribution in [0.3, 0.4) is 0 Å². The van der Waals surface area contributed by atoms with E-state index >= 15 is 0 Å². The van der Waals surface area contributed by atoms with E-state index in [4.69, 9.17) is 4.74 Å². The van der Waals surface area contributed by atoms with Gasteiger partial charge in [-0.15, -0.1) is 0 Å². The molecule has 2 heterocycles. The van der Waals surface area contributed by atoms with E-state index in [2.05, 4.69) is 39.2 Å². The molecule has 1 saturated heterocycles. The summed E-state index contributed by atoms with van der Waals surface area (Å²) in [7, 11) is 3.76. The van der Waals surface area contributed by atoms with Crippen LogP contribution in [0.1, 0.15) is 12.5 Å². The number of ether oxygens (including phenoxy) is 1. The molecule has 0 spiro atoms. The molecule has 0 aliphatic carbocycles. The number of nitrogens with zero attached hydrogens (tertiary/aromatic N) is 3. The third-order valence-electron chi connectivity index (χ3n) is 3.86. The highest BCUT2D eigenvalue weighted by Gasteiger charge is 2.17. The fourth-order valence-electron chi connectivity index (χ4n) is 2.43. The second kappa shape index (κ2) is 7.57. The van der Waals surface area contributed by atoms with Gasteiger partial charge in [0.2, 0.25) is 0 Å². The third-order valence-corrected chi connectivity index (χ3v) is 3.86. The van der Waals surface area contributed by atoms with Gasteiger partial charge in [0.1, 0.15) is 5.82 Å². The van der Waals surface area contributed by atoms with Gasteiger partial charge >= 0.3 is 0 Å². The monoisotopic (exact) mass is 278 g/mol. The van der Waals surface area contributed by atoms with Crippen LogP contribution in [0.2, 0.25) is 0 Å². The van der Waals surface area contributed by atoms with Crippen LogP contribution in [-0.2, 0) is 11.3 Å². The minimum absolute atomic E-state index is 0.591. The van der Waals surface area contributed by atoms with E-state index in [-0.39, 0.29) is 0 Å². The zero-order valence-corrected chi connectivity index (χ0v) is 12.8. The molecule has 1 aliphatic heterocycles. The molecule has 0 saturated carbocycles. The molecule has 2 rings (SSSR count). The van der Waals surface area contributed by atoms with Gasteiger partial charge in [-0.25, -0.2) is 4.98 Å². The van der Waals surface area contributed by atoms with Crippen molar-refractivity contribution in [2.24, 2.45) is 0 Å². The number of rotatable bonds is 6. The van der Waals surface area contributed by atoms with Crippen molar-refractivity contribution in [3.05, 3.63) is 23.9 Å². The molecule has 0 amide bonds. The third kappa shape index (κ3) is 4.16. The summed E-state index contributed by atoms with van der Waals surface area (Å²) in [4.78, 5) is 9.16. The van der Waals surface area contributed by atoms with Crippen LogP contribution in [0, 0.1) is 0 Å². The van der Waals surface area contributed by atoms with Gasteiger partial charge in [-0.05, 0) is 18.6 Å². The number of likely N-dealkylation sites (N-methyl/N-ethyl adjacent to an activating group) is 1. The number of pyridine rings is 1. The lowest BCUT2D eigenvalue weighted by molar-refractivity contribution is 0.165. The maximum Gasteiger partial charge on any atom is 0.128 e. The molecule has 0 unspecified atom stereocenters. The van der Waals surface area contributed by atoms with Gasteiger partial charge in [0, 0.05) is 59.1 Å². The molecule has 0 aromatic carbocycles. The summed E-state index contributed by atoms with van der Waals surface area (Å²) < 4.78 is 5.09. The second-order valence-electron chi connectivity index (χ2n) is 5.46. The first kappa shape index (κ1) is 15.2. The highest BCUT2D eigenvalue weighted by atomic mass is 16.5. The standard InChI is InChI=1S/C15H26N4O/c1-13-10-16-6-7-19(13)12-14-4-5-15(17-11-14)18(2)8-9-20-3/h4-5,11,13,16H,6-10,12H2,1-3H3/t13-/m0/s1. The summed E-state index contributed by atoms with van der Waals surface area (Å²) in [6.45, 7) is 8.10. The molecule has 1 fully saturated rings. The molecule has 5 heteroatoms. The first-order chi connectivity index (χ1) is 9.70. The van der Waals surface area contributed by atoms with E-state index in [0.717, 1.165) is 45.1 Å². The van der Waals surface area contributed by atoms with Gasteiger partial charge in [0.15, 0.2) is 0 Å². The maximum atomic E-state index is 5.09. The smallest absolute Gasteiger partial charge is 0.128 e. The molecule has 1 atom stereocenters. The molecule has 20 heavy (non-hydrogen) atoms. The van der Waals surface area contributed by atoms with E-state index in [1.807, 2.05) is 13.2 Å². The maximum absolute atomic E-state index is 5.09. The topological polar surface area (TPSA) is 40.6 Å². The average molecular weight is 278 g/mol. The molecule has 1 aromatic heterocycles. The van der Waals surface area contributed by atoms with Crippen LogP contribution in [0.5, 0.6) is 0 Å². The molecule has 1 aromatic rings. The number of hydrogen-bond donors (Lipinski definition) is 1. The Bertz CT molecular complexity index is 395. The van der Waals surface area contributed by atoms with E-state index in [1.165, 1.54) is 5.56 Å². The Morgan fingerprint density at radius 3 is 3.00 bits per heavy atom. The fraction of sp³-hybridized carbons (Fsp3) is 0.667. The van der Waals surface area contributed by atoms with Gasteiger partial charge in [-0.3, -0.25) is 4.90 Å². The number of anilines is 1. The van der Waals surface area contributed by atoms with E-state index in [9.17, 15) is 0 Å². The quantitative estimate of drug-likeness (QED) is 0.839. The summed E-state index contributed by atoms with van der Waals surface area (Å²) in [6, 6.07) is 4.87. The normalized spacial score (nSPS) is 20.1. The van der Waals surface area contributed by atoms with Crippen LogP contribution >= 0.6 is 0 Å². The number of aromatic nitrogens is 1. The van der Waals surface area contributed by atoms with Gasteiger partial charge in [0.25, 0.3) is 0 Å². The van der Waals surface area contributed by atoms with Gasteiger partial charge in [0.05, 0.1) is 6.61 Å². The first-order valence-corrected chi connectivity index (χ1v) is 7.30. The summed E-state index contributed by atoms with van der Waals surface area (Å²) in [6.07, 6.45) is 1.99. The van der Waals surface area contributed by atoms with Crippen LogP contribution in [0.15, 0.2) is 18.3 Å². The number of methoxy groups -OCH3 is 1. The van der Waals surface area contributed by atoms with Crippen LogP contribution in [0.25, 0.3) is 0 Å². The lowest BCUT2D eigenvalue weighted by Gasteiger charge is -2.33. The van der Waals surface area contributed by atoms with Crippen molar-refractivity contribution in [1.29, 1.82) is 0 Å². The summed E-state index contributed by atoms with van der Waals surface area (Å²) in [5, 5.41) is 3.42. The highest BCUT2D eigenvalue weighted by molar-refractivity contribution is 5.38. The molecule has 0 radical (unpaired) electrons. The highest BCUT2D eigenvalue weighted by Crippen LogP contribution is 2.13. The van der Waals surface area contributed by atoms with Crippen LogP contribution < -0.4 is 10.2 Å². The van der Waals surface area contributed by atoms with E-state index < -0.39 is 0 Å². The van der Waals surface area contributed by atoms with Crippen molar-refractivity contribution in [3.8, 4) is 0 Å². The Morgan fingerprint density at radius 2 is 2.35 bits per heavy atom. The second-order valence-corrected chi connectivity index (χ2v) is 5.46. The summed E-state index contributed by atoms with van der Waals surface area (Å²) in [5.74, 6) is 0.999. The minimum atomic E-state index is 0.591. The number of nitrogens with one attached hydrogen (secondary N) is 1. The average Bonchev–Trinajstić information content (AvgIpc) is 2.48. The van der Waals surface area contributed by atoms with Crippen LogP contribution in [-0.4, -0.2) is 62.9 Å². The zero-order valence-electron chi connectivity index (χ0n) is 12.8. The lowest BCUT2D eigenvalue weighted by Crippen LogP contribution is -2.49. The number of piperazine rings is 1. The van der Waals surface area contributed by atoms with Crippen LogP contribution in [0.4, 0.5) is 5.82 Å². The van der Waals surface area contributed by atoms with Crippen molar-refractivity contribution in [1.82, 2.24) is 15.2 Å². The van der Waals surface area contributed by atoms with Gasteiger partial charge < -0.3 is 15.0 Å². The molecule has 0 bridgehead atoms. The van der Waals surface area contributed by atoms with Crippen molar-refractivity contribution < 1.29 is 4.74 Å². The Labute approximate surface area is 121 Å². The lowest BCUT2D eigenvalue weighted by atomic mass is 10.2. The number of hydrogen-bond acceptors (Lipinski definition) is 5. The minimum Gasteiger partial charge on any atom is -0.383 e. The largest absolute Gasteiger partial charge is 0.383 e. The SMILES string of the molecule is COCCN(C)c1ccc(CN2CCNC[C@@H]2C)cn1. The fourth-order valence-corrected chi connectivity index (χ4v) is 2.43. The molecule has 1 aliphatic rings. The van der Waals surface area contributed by atoms with Crippen molar-refractivity contribution in [3.63, 3.8) is 0 Å². The summed E-state index contributed by atoms with van der Waals surface area (Å²) in [5.41, 5.74) is 1.28. The van der Waals surface area contributed by atoms with E-state index in [0.29, 0.717) is 6.04 Å². The predicted octanol–water partition coefficient (Wildman–Crippen LogP) is 0.958. The van der Waals surface area contributed by atoms with Crippen molar-refractivity contribution in [2.45, 2.75) is 19.5 Å². The van der Waals surface area contributed by atoms with Crippen molar-refractivity contribution in [2.75, 3.05) is 51.8 Å². The zero-order chi connectivity index (χ0) is 14.4. The van der Waals surface area contributed by atoms with Gasteiger partial charge in [-0.2, -0.15) is 0 Å². The van der Waals surface area contributed by atoms with Crippen molar-refractivity contribution >= 4 is 5.82 Å². The molecular weight excluding hydrogens is 252 g/mol. The predicted molar refractivity (Wildman–Crippen MR) is 82.1 cm³/mol. The summed E-state index contributed by atoms with van der Waals surface area (Å²) >= 11 is 0. The Kier molecular flexibility index (Phi) is 5.76. The first-order valence-electron chi connectivity index (χ1n) is 7.30.